The van der Waals surface area contributed by atoms with E-state index in [2.05, 4.69) is 23.2 Å². The van der Waals surface area contributed by atoms with Gasteiger partial charge in [0.1, 0.15) is 5.82 Å². The summed E-state index contributed by atoms with van der Waals surface area (Å²) < 4.78 is 0. The van der Waals surface area contributed by atoms with E-state index < -0.39 is 0 Å². The van der Waals surface area contributed by atoms with E-state index in [4.69, 9.17) is 5.73 Å². The van der Waals surface area contributed by atoms with E-state index in [0.29, 0.717) is 5.82 Å². The lowest BCUT2D eigenvalue weighted by Gasteiger charge is -2.17. The molecular weight excluding hydrogens is 184 g/mol. The van der Waals surface area contributed by atoms with Crippen molar-refractivity contribution in [1.29, 1.82) is 0 Å². The zero-order valence-electron chi connectivity index (χ0n) is 8.66. The third-order valence-corrected chi connectivity index (χ3v) is 3.21. The van der Waals surface area contributed by atoms with E-state index in [1.165, 1.54) is 35.8 Å². The Morgan fingerprint density at radius 1 is 1.00 bits per heavy atom. The van der Waals surface area contributed by atoms with E-state index in [1.807, 2.05) is 6.07 Å². The summed E-state index contributed by atoms with van der Waals surface area (Å²) in [7, 11) is 0. The number of rotatable bonds is 0. The maximum absolute atomic E-state index is 5.75. The van der Waals surface area contributed by atoms with E-state index in [1.54, 1.807) is 0 Å². The van der Waals surface area contributed by atoms with Crippen molar-refractivity contribution in [3.05, 3.63) is 35.4 Å². The van der Waals surface area contributed by atoms with Gasteiger partial charge in [-0.25, -0.2) is 4.98 Å². The molecule has 0 atom stereocenters. The summed E-state index contributed by atoms with van der Waals surface area (Å²) in [5, 5.41) is 1.21. The summed E-state index contributed by atoms with van der Waals surface area (Å²) in [5.41, 5.74) is 9.75. The third-order valence-electron chi connectivity index (χ3n) is 3.21. The normalized spacial score (nSPS) is 15.2. The summed E-state index contributed by atoms with van der Waals surface area (Å²) in [6.45, 7) is 0. The number of nitrogens with two attached hydrogens (primary N) is 1. The molecule has 0 saturated heterocycles. The Labute approximate surface area is 89.1 Å². The van der Waals surface area contributed by atoms with Gasteiger partial charge in [-0.05, 0) is 48.9 Å². The average molecular weight is 198 g/mol. The SMILES string of the molecule is Nc1ccc2ccc3c(c2n1)CCCC3. The predicted molar refractivity (Wildman–Crippen MR) is 62.8 cm³/mol. The summed E-state index contributed by atoms with van der Waals surface area (Å²) >= 11 is 0. The zero-order chi connectivity index (χ0) is 10.3. The summed E-state index contributed by atoms with van der Waals surface area (Å²) in [6, 6.07) is 8.34. The number of aromatic nitrogens is 1. The number of pyridine rings is 1. The Bertz CT molecular complexity index is 517. The molecule has 0 aliphatic heterocycles. The number of nitrogens with zero attached hydrogens (tertiary/aromatic N) is 1. The van der Waals surface area contributed by atoms with Gasteiger partial charge in [0.25, 0.3) is 0 Å². The number of hydrogen-bond donors (Lipinski definition) is 1. The highest BCUT2D eigenvalue weighted by Gasteiger charge is 2.12. The van der Waals surface area contributed by atoms with Gasteiger partial charge >= 0.3 is 0 Å². The largest absolute Gasteiger partial charge is 0.384 e. The molecule has 76 valence electrons. The van der Waals surface area contributed by atoms with Gasteiger partial charge in [-0.15, -0.1) is 0 Å². The lowest BCUT2D eigenvalue weighted by Crippen LogP contribution is -2.04. The van der Waals surface area contributed by atoms with Crippen molar-refractivity contribution in [3.8, 4) is 0 Å². The van der Waals surface area contributed by atoms with Gasteiger partial charge in [-0.2, -0.15) is 0 Å². The quantitative estimate of drug-likeness (QED) is 0.706. The minimum absolute atomic E-state index is 0.626. The number of anilines is 1. The highest BCUT2D eigenvalue weighted by Crippen LogP contribution is 2.28. The molecular formula is C13H14N2. The van der Waals surface area contributed by atoms with Crippen LogP contribution < -0.4 is 5.73 Å². The van der Waals surface area contributed by atoms with Crippen LogP contribution in [0.4, 0.5) is 5.82 Å². The highest BCUT2D eigenvalue weighted by atomic mass is 14.8. The van der Waals surface area contributed by atoms with Crippen molar-refractivity contribution in [1.82, 2.24) is 4.98 Å². The molecule has 0 amide bonds. The van der Waals surface area contributed by atoms with Gasteiger partial charge in [0, 0.05) is 5.39 Å². The number of nitrogen functional groups attached to an aromatic ring is 1. The molecule has 0 spiro atoms. The lowest BCUT2D eigenvalue weighted by atomic mass is 9.90. The van der Waals surface area contributed by atoms with E-state index in [9.17, 15) is 0 Å². The van der Waals surface area contributed by atoms with Gasteiger partial charge in [-0.3, -0.25) is 0 Å². The molecule has 2 aromatic rings. The van der Waals surface area contributed by atoms with Crippen molar-refractivity contribution >= 4 is 16.7 Å². The molecule has 1 aliphatic carbocycles. The second-order valence-corrected chi connectivity index (χ2v) is 4.22. The van der Waals surface area contributed by atoms with Crippen LogP contribution in [0.5, 0.6) is 0 Å². The summed E-state index contributed by atoms with van der Waals surface area (Å²) in [6.07, 6.45) is 4.94. The topological polar surface area (TPSA) is 38.9 Å². The van der Waals surface area contributed by atoms with Crippen molar-refractivity contribution in [2.75, 3.05) is 5.73 Å². The molecule has 0 bridgehead atoms. The van der Waals surface area contributed by atoms with Crippen LogP contribution in [0.25, 0.3) is 10.9 Å². The molecule has 2 heteroatoms. The molecule has 0 saturated carbocycles. The average Bonchev–Trinajstić information content (AvgIpc) is 2.29. The van der Waals surface area contributed by atoms with Crippen LogP contribution in [-0.4, -0.2) is 4.98 Å². The van der Waals surface area contributed by atoms with Crippen LogP contribution in [0, 0.1) is 0 Å². The molecule has 0 radical (unpaired) electrons. The van der Waals surface area contributed by atoms with Crippen molar-refractivity contribution in [2.24, 2.45) is 0 Å². The van der Waals surface area contributed by atoms with E-state index >= 15 is 0 Å². The molecule has 3 rings (SSSR count). The molecule has 2 N–H and O–H groups in total. The van der Waals surface area contributed by atoms with Gasteiger partial charge in [0.15, 0.2) is 0 Å². The summed E-state index contributed by atoms with van der Waals surface area (Å²) in [5.74, 6) is 0.626. The monoisotopic (exact) mass is 198 g/mol. The van der Waals surface area contributed by atoms with Crippen LogP contribution in [0.15, 0.2) is 24.3 Å². The van der Waals surface area contributed by atoms with Crippen molar-refractivity contribution < 1.29 is 0 Å². The molecule has 1 heterocycles. The second kappa shape index (κ2) is 3.23. The third kappa shape index (κ3) is 1.37. The molecule has 15 heavy (non-hydrogen) atoms. The number of hydrogen-bond acceptors (Lipinski definition) is 2. The zero-order valence-corrected chi connectivity index (χ0v) is 8.66. The fourth-order valence-corrected chi connectivity index (χ4v) is 2.43. The van der Waals surface area contributed by atoms with Crippen LogP contribution >= 0.6 is 0 Å². The molecule has 1 aliphatic rings. The first-order valence-corrected chi connectivity index (χ1v) is 5.51. The fraction of sp³-hybridized carbons (Fsp3) is 0.308. The van der Waals surface area contributed by atoms with Crippen LogP contribution in [0.3, 0.4) is 0 Å². The molecule has 0 fully saturated rings. The van der Waals surface area contributed by atoms with Gasteiger partial charge in [0.2, 0.25) is 0 Å². The summed E-state index contributed by atoms with van der Waals surface area (Å²) in [4.78, 5) is 4.47. The van der Waals surface area contributed by atoms with E-state index in [0.717, 1.165) is 11.9 Å². The molecule has 2 nitrogen and oxygen atoms in total. The number of benzene rings is 1. The smallest absolute Gasteiger partial charge is 0.124 e. The van der Waals surface area contributed by atoms with Crippen molar-refractivity contribution in [3.63, 3.8) is 0 Å². The van der Waals surface area contributed by atoms with Gasteiger partial charge in [0.05, 0.1) is 5.52 Å². The highest BCUT2D eigenvalue weighted by molar-refractivity contribution is 5.84. The van der Waals surface area contributed by atoms with Gasteiger partial charge < -0.3 is 5.73 Å². The van der Waals surface area contributed by atoms with Crippen LogP contribution in [0.2, 0.25) is 0 Å². The Morgan fingerprint density at radius 3 is 2.73 bits per heavy atom. The molecule has 0 unspecified atom stereocenters. The first-order valence-electron chi connectivity index (χ1n) is 5.51. The number of fused-ring (bicyclic) bond motifs is 3. The maximum atomic E-state index is 5.75. The van der Waals surface area contributed by atoms with Crippen LogP contribution in [-0.2, 0) is 12.8 Å². The minimum atomic E-state index is 0.626. The number of aryl methyl sites for hydroxylation is 2. The Morgan fingerprint density at radius 2 is 1.80 bits per heavy atom. The molecule has 1 aromatic carbocycles. The Balaban J connectivity index is 2.34. The predicted octanol–water partition coefficient (Wildman–Crippen LogP) is 2.70. The first-order chi connectivity index (χ1) is 7.34. The first kappa shape index (κ1) is 8.72. The van der Waals surface area contributed by atoms with Crippen molar-refractivity contribution in [2.45, 2.75) is 25.7 Å². The Kier molecular flexibility index (Phi) is 1.88. The van der Waals surface area contributed by atoms with Gasteiger partial charge in [-0.1, -0.05) is 12.1 Å². The molecule has 1 aromatic heterocycles. The lowest BCUT2D eigenvalue weighted by molar-refractivity contribution is 0.689. The second-order valence-electron chi connectivity index (χ2n) is 4.22. The minimum Gasteiger partial charge on any atom is -0.384 e. The maximum Gasteiger partial charge on any atom is 0.124 e. The van der Waals surface area contributed by atoms with Crippen LogP contribution in [0.1, 0.15) is 24.0 Å². The fourth-order valence-electron chi connectivity index (χ4n) is 2.43. The Hall–Kier alpha value is -1.57. The van der Waals surface area contributed by atoms with E-state index in [-0.39, 0.29) is 0 Å². The standard InChI is InChI=1S/C13H14N2/c14-12-8-7-10-6-5-9-3-1-2-4-11(9)13(10)15-12/h5-8H,1-4H2,(H2,14,15).